The smallest absolute Gasteiger partial charge is 0.262 e. The van der Waals surface area contributed by atoms with Gasteiger partial charge in [-0.15, -0.1) is 0 Å². The Morgan fingerprint density at radius 2 is 1.79 bits per heavy atom. The number of aromatic nitrogens is 1. The number of hydrogen-bond acceptors (Lipinski definition) is 4. The largest absolute Gasteiger partial charge is 0.481 e. The minimum Gasteiger partial charge on any atom is -0.481 e. The molecular formula is C24H27N3O2. The molecular weight excluding hydrogens is 362 g/mol. The molecule has 2 unspecified atom stereocenters. The molecule has 5 heteroatoms. The van der Waals surface area contributed by atoms with Gasteiger partial charge in [-0.1, -0.05) is 44.2 Å². The van der Waals surface area contributed by atoms with E-state index < -0.39 is 0 Å². The second-order valence-corrected chi connectivity index (χ2v) is 8.05. The molecule has 3 aromatic rings. The maximum atomic E-state index is 12.2. The van der Waals surface area contributed by atoms with E-state index in [0.717, 1.165) is 35.5 Å². The van der Waals surface area contributed by atoms with Gasteiger partial charge in [-0.2, -0.15) is 0 Å². The summed E-state index contributed by atoms with van der Waals surface area (Å²) in [4.78, 5) is 19.5. The highest BCUT2D eigenvalue weighted by Crippen LogP contribution is 2.29. The fraction of sp³-hybridized carbons (Fsp3) is 0.333. The van der Waals surface area contributed by atoms with Crippen molar-refractivity contribution in [3.63, 3.8) is 0 Å². The molecule has 0 bridgehead atoms. The lowest BCUT2D eigenvalue weighted by atomic mass is 9.92. The van der Waals surface area contributed by atoms with Crippen LogP contribution in [0.2, 0.25) is 0 Å². The third kappa shape index (κ3) is 4.67. The molecule has 1 fully saturated rings. The normalized spacial score (nSPS) is 19.2. The van der Waals surface area contributed by atoms with E-state index in [1.54, 1.807) is 0 Å². The molecule has 0 saturated carbocycles. The number of pyridine rings is 1. The molecule has 1 saturated heterocycles. The van der Waals surface area contributed by atoms with Gasteiger partial charge in [-0.05, 0) is 48.6 Å². The number of rotatable bonds is 5. The van der Waals surface area contributed by atoms with Crippen molar-refractivity contribution in [1.29, 1.82) is 0 Å². The molecule has 1 aromatic heterocycles. The van der Waals surface area contributed by atoms with Crippen LogP contribution in [0.4, 0.5) is 11.5 Å². The SMILES string of the molecule is CC1CC(C)CN(c2ccc3cccc(OCC(=O)Nc4ccccc4)c3n2)C1. The molecule has 1 aliphatic rings. The van der Waals surface area contributed by atoms with E-state index in [4.69, 9.17) is 9.72 Å². The maximum Gasteiger partial charge on any atom is 0.262 e. The zero-order chi connectivity index (χ0) is 20.2. The molecule has 2 aromatic carbocycles. The summed E-state index contributed by atoms with van der Waals surface area (Å²) in [6, 6.07) is 19.4. The van der Waals surface area contributed by atoms with Crippen LogP contribution in [0, 0.1) is 11.8 Å². The van der Waals surface area contributed by atoms with Crippen LogP contribution < -0.4 is 15.0 Å². The third-order valence-corrected chi connectivity index (χ3v) is 5.28. The molecule has 4 rings (SSSR count). The molecule has 150 valence electrons. The number of nitrogens with zero attached hydrogens (tertiary/aromatic N) is 2. The Bertz CT molecular complexity index is 980. The highest BCUT2D eigenvalue weighted by atomic mass is 16.5. The van der Waals surface area contributed by atoms with E-state index in [1.807, 2.05) is 48.5 Å². The minimum atomic E-state index is -0.192. The second kappa shape index (κ2) is 8.52. The highest BCUT2D eigenvalue weighted by Gasteiger charge is 2.23. The number of amides is 1. The number of piperidine rings is 1. The van der Waals surface area contributed by atoms with Crippen molar-refractivity contribution >= 4 is 28.3 Å². The molecule has 0 radical (unpaired) electrons. The lowest BCUT2D eigenvalue weighted by Crippen LogP contribution is -2.39. The maximum absolute atomic E-state index is 12.2. The van der Waals surface area contributed by atoms with Gasteiger partial charge in [0.05, 0.1) is 0 Å². The Morgan fingerprint density at radius 3 is 2.55 bits per heavy atom. The number of fused-ring (bicyclic) bond motifs is 1. The molecule has 2 heterocycles. The standard InChI is InChI=1S/C24H27N3O2/c1-17-13-18(2)15-27(14-17)22-12-11-19-7-6-10-21(24(19)26-22)29-16-23(28)25-20-8-4-3-5-9-20/h3-12,17-18H,13-16H2,1-2H3,(H,25,28). The van der Waals surface area contributed by atoms with Crippen molar-refractivity contribution in [3.8, 4) is 5.75 Å². The predicted molar refractivity (Wildman–Crippen MR) is 117 cm³/mol. The summed E-state index contributed by atoms with van der Waals surface area (Å²) >= 11 is 0. The van der Waals surface area contributed by atoms with Gasteiger partial charge in [-0.25, -0.2) is 4.98 Å². The van der Waals surface area contributed by atoms with Crippen molar-refractivity contribution < 1.29 is 9.53 Å². The predicted octanol–water partition coefficient (Wildman–Crippen LogP) is 4.73. The van der Waals surface area contributed by atoms with Crippen LogP contribution in [0.1, 0.15) is 20.3 Å². The summed E-state index contributed by atoms with van der Waals surface area (Å²) in [5.41, 5.74) is 1.55. The first-order valence-corrected chi connectivity index (χ1v) is 10.2. The van der Waals surface area contributed by atoms with Crippen LogP contribution in [0.15, 0.2) is 60.7 Å². The van der Waals surface area contributed by atoms with Gasteiger partial charge in [0.2, 0.25) is 0 Å². The Morgan fingerprint density at radius 1 is 1.03 bits per heavy atom. The van der Waals surface area contributed by atoms with Gasteiger partial charge in [0, 0.05) is 24.2 Å². The number of hydrogen-bond donors (Lipinski definition) is 1. The number of carbonyl (C=O) groups is 1. The molecule has 1 aliphatic heterocycles. The van der Waals surface area contributed by atoms with Crippen molar-refractivity contribution in [1.82, 2.24) is 4.98 Å². The van der Waals surface area contributed by atoms with Gasteiger partial charge >= 0.3 is 0 Å². The molecule has 2 atom stereocenters. The van der Waals surface area contributed by atoms with E-state index in [1.165, 1.54) is 6.42 Å². The van der Waals surface area contributed by atoms with Gasteiger partial charge in [0.1, 0.15) is 17.1 Å². The molecule has 1 N–H and O–H groups in total. The second-order valence-electron chi connectivity index (χ2n) is 8.05. The fourth-order valence-corrected chi connectivity index (χ4v) is 4.11. The topological polar surface area (TPSA) is 54.5 Å². The van der Waals surface area contributed by atoms with Crippen LogP contribution in [0.5, 0.6) is 5.75 Å². The van der Waals surface area contributed by atoms with Crippen molar-refractivity contribution in [2.24, 2.45) is 11.8 Å². The third-order valence-electron chi connectivity index (χ3n) is 5.28. The molecule has 0 aliphatic carbocycles. The molecule has 29 heavy (non-hydrogen) atoms. The zero-order valence-electron chi connectivity index (χ0n) is 17.0. The zero-order valence-corrected chi connectivity index (χ0v) is 17.0. The van der Waals surface area contributed by atoms with Crippen LogP contribution >= 0.6 is 0 Å². The minimum absolute atomic E-state index is 0.0578. The van der Waals surface area contributed by atoms with Crippen LogP contribution in [0.25, 0.3) is 10.9 Å². The number of nitrogens with one attached hydrogen (secondary N) is 1. The summed E-state index contributed by atoms with van der Waals surface area (Å²) < 4.78 is 5.84. The van der Waals surface area contributed by atoms with E-state index >= 15 is 0 Å². The molecule has 0 spiro atoms. The van der Waals surface area contributed by atoms with Crippen LogP contribution in [-0.2, 0) is 4.79 Å². The summed E-state index contributed by atoms with van der Waals surface area (Å²) in [5, 5.41) is 3.85. The monoisotopic (exact) mass is 389 g/mol. The number of ether oxygens (including phenoxy) is 1. The Kier molecular flexibility index (Phi) is 5.65. The fourth-order valence-electron chi connectivity index (χ4n) is 4.11. The van der Waals surface area contributed by atoms with Crippen LogP contribution in [0.3, 0.4) is 0 Å². The lowest BCUT2D eigenvalue weighted by molar-refractivity contribution is -0.118. The summed E-state index contributed by atoms with van der Waals surface area (Å²) in [6.45, 7) is 6.57. The Labute approximate surface area is 171 Å². The van der Waals surface area contributed by atoms with Gasteiger partial charge in [-0.3, -0.25) is 4.79 Å². The van der Waals surface area contributed by atoms with E-state index in [2.05, 4.69) is 36.2 Å². The molecule has 5 nitrogen and oxygen atoms in total. The van der Waals surface area contributed by atoms with Crippen molar-refractivity contribution in [2.45, 2.75) is 20.3 Å². The first-order valence-electron chi connectivity index (χ1n) is 10.2. The van der Waals surface area contributed by atoms with Crippen LogP contribution in [-0.4, -0.2) is 30.6 Å². The van der Waals surface area contributed by atoms with Crippen molar-refractivity contribution in [2.75, 3.05) is 29.9 Å². The lowest BCUT2D eigenvalue weighted by Gasteiger charge is -2.35. The van der Waals surface area contributed by atoms with E-state index in [-0.39, 0.29) is 12.5 Å². The average Bonchev–Trinajstić information content (AvgIpc) is 2.72. The first-order chi connectivity index (χ1) is 14.1. The first kappa shape index (κ1) is 19.2. The van der Waals surface area contributed by atoms with Gasteiger partial charge < -0.3 is 15.0 Å². The number of para-hydroxylation sites is 2. The summed E-state index contributed by atoms with van der Waals surface area (Å²) in [5.74, 6) is 2.73. The summed E-state index contributed by atoms with van der Waals surface area (Å²) in [7, 11) is 0. The number of benzene rings is 2. The van der Waals surface area contributed by atoms with E-state index in [9.17, 15) is 4.79 Å². The van der Waals surface area contributed by atoms with Crippen molar-refractivity contribution in [3.05, 3.63) is 60.7 Å². The Balaban J connectivity index is 1.51. The quantitative estimate of drug-likeness (QED) is 0.685. The average molecular weight is 389 g/mol. The van der Waals surface area contributed by atoms with E-state index in [0.29, 0.717) is 17.6 Å². The summed E-state index contributed by atoms with van der Waals surface area (Å²) in [6.07, 6.45) is 1.26. The molecule has 1 amide bonds. The highest BCUT2D eigenvalue weighted by molar-refractivity contribution is 5.92. The van der Waals surface area contributed by atoms with Gasteiger partial charge in [0.15, 0.2) is 6.61 Å². The Hall–Kier alpha value is -3.08. The van der Waals surface area contributed by atoms with Gasteiger partial charge in [0.25, 0.3) is 5.91 Å². The number of carbonyl (C=O) groups excluding carboxylic acids is 1. The number of anilines is 2.